The maximum Gasteiger partial charge on any atom is 0.252 e. The Balaban J connectivity index is 2.21. The Labute approximate surface area is 86.1 Å². The number of hydrazine groups is 2. The fourth-order valence-corrected chi connectivity index (χ4v) is 1.29. The highest BCUT2D eigenvalue weighted by Gasteiger charge is 2.06. The molecule has 14 heavy (non-hydrogen) atoms. The predicted molar refractivity (Wildman–Crippen MR) is 54.5 cm³/mol. The molecule has 5 heteroatoms. The Morgan fingerprint density at radius 2 is 2.00 bits per heavy atom. The molecular weight excluding hydrogens is 202 g/mol. The molecule has 1 aliphatic heterocycles. The molecule has 1 aromatic carbocycles. The van der Waals surface area contributed by atoms with Gasteiger partial charge in [-0.1, -0.05) is 0 Å². The number of carbonyl (C=O) groups excluding carboxylic acids is 1. The molecule has 0 saturated heterocycles. The minimum Gasteiger partial charge on any atom is -0.309 e. The molecule has 0 spiro atoms. The molecule has 0 aromatic heterocycles. The molecule has 72 valence electrons. The zero-order valence-electron chi connectivity index (χ0n) is 7.20. The second-order valence-corrected chi connectivity index (χ2v) is 3.11. The maximum atomic E-state index is 10.8. The van der Waals surface area contributed by atoms with E-state index in [1.165, 1.54) is 0 Å². The van der Waals surface area contributed by atoms with Crippen LogP contribution >= 0.6 is 11.6 Å². The SMILES string of the molecule is O=C(Cl)c1ccc(N2C=CNN2)cc1. The molecule has 0 aliphatic carbocycles. The first-order valence-corrected chi connectivity index (χ1v) is 4.42. The Hall–Kier alpha value is -1.52. The summed E-state index contributed by atoms with van der Waals surface area (Å²) in [5, 5.41) is 1.34. The van der Waals surface area contributed by atoms with Crippen LogP contribution in [0.5, 0.6) is 0 Å². The van der Waals surface area contributed by atoms with E-state index in [9.17, 15) is 4.79 Å². The van der Waals surface area contributed by atoms with Crippen molar-refractivity contribution in [2.24, 2.45) is 0 Å². The van der Waals surface area contributed by atoms with Crippen LogP contribution in [-0.4, -0.2) is 5.24 Å². The number of hydrogen-bond acceptors (Lipinski definition) is 4. The fraction of sp³-hybridized carbons (Fsp3) is 0. The molecule has 0 radical (unpaired) electrons. The standard InChI is InChI=1S/C9H8ClN3O/c10-9(14)7-1-3-8(4-2-7)13-6-5-11-12-13/h1-6,11-12H. The molecule has 2 N–H and O–H groups in total. The van der Waals surface area contributed by atoms with Crippen LogP contribution in [0.15, 0.2) is 36.7 Å². The third kappa shape index (κ3) is 1.71. The van der Waals surface area contributed by atoms with Crippen molar-refractivity contribution in [3.05, 3.63) is 42.2 Å². The van der Waals surface area contributed by atoms with Gasteiger partial charge in [-0.25, -0.2) is 0 Å². The predicted octanol–water partition coefficient (Wildman–Crippen LogP) is 1.37. The molecule has 1 aromatic rings. The monoisotopic (exact) mass is 209 g/mol. The highest BCUT2D eigenvalue weighted by molar-refractivity contribution is 6.67. The van der Waals surface area contributed by atoms with Crippen molar-refractivity contribution in [2.75, 3.05) is 5.01 Å². The third-order valence-corrected chi connectivity index (χ3v) is 2.08. The Morgan fingerprint density at radius 3 is 2.50 bits per heavy atom. The van der Waals surface area contributed by atoms with Crippen molar-refractivity contribution >= 4 is 22.5 Å². The van der Waals surface area contributed by atoms with Gasteiger partial charge in [0.15, 0.2) is 0 Å². The topological polar surface area (TPSA) is 44.4 Å². The van der Waals surface area contributed by atoms with Gasteiger partial charge in [0.05, 0.1) is 5.69 Å². The van der Waals surface area contributed by atoms with Gasteiger partial charge in [-0.15, -0.1) is 5.53 Å². The van der Waals surface area contributed by atoms with E-state index in [-0.39, 0.29) is 0 Å². The number of benzene rings is 1. The quantitative estimate of drug-likeness (QED) is 0.723. The van der Waals surface area contributed by atoms with Crippen molar-refractivity contribution < 1.29 is 4.79 Å². The average molecular weight is 210 g/mol. The fourth-order valence-electron chi connectivity index (χ4n) is 1.16. The van der Waals surface area contributed by atoms with Crippen LogP contribution in [0, 0.1) is 0 Å². The first kappa shape index (κ1) is 9.05. The van der Waals surface area contributed by atoms with E-state index >= 15 is 0 Å². The second kappa shape index (κ2) is 3.69. The van der Waals surface area contributed by atoms with Crippen LogP contribution in [0.3, 0.4) is 0 Å². The van der Waals surface area contributed by atoms with Crippen molar-refractivity contribution in [3.8, 4) is 0 Å². The summed E-state index contributed by atoms with van der Waals surface area (Å²) < 4.78 is 0. The summed E-state index contributed by atoms with van der Waals surface area (Å²) in [6, 6.07) is 6.97. The largest absolute Gasteiger partial charge is 0.309 e. The molecule has 2 rings (SSSR count). The molecule has 0 fully saturated rings. The van der Waals surface area contributed by atoms with Gasteiger partial charge in [0, 0.05) is 18.0 Å². The Morgan fingerprint density at radius 1 is 1.29 bits per heavy atom. The van der Waals surface area contributed by atoms with Gasteiger partial charge in [-0.3, -0.25) is 9.80 Å². The molecular formula is C9H8ClN3O. The van der Waals surface area contributed by atoms with E-state index in [0.717, 1.165) is 5.69 Å². The van der Waals surface area contributed by atoms with Crippen LogP contribution in [0.1, 0.15) is 10.4 Å². The molecule has 0 unspecified atom stereocenters. The molecule has 1 aliphatic rings. The summed E-state index contributed by atoms with van der Waals surface area (Å²) in [6.07, 6.45) is 3.60. The number of hydrogen-bond donors (Lipinski definition) is 2. The summed E-state index contributed by atoms with van der Waals surface area (Å²) in [5.41, 5.74) is 7.10. The van der Waals surface area contributed by atoms with Crippen molar-refractivity contribution in [1.29, 1.82) is 0 Å². The lowest BCUT2D eigenvalue weighted by Crippen LogP contribution is -2.35. The lowest BCUT2D eigenvalue weighted by atomic mass is 10.2. The van der Waals surface area contributed by atoms with E-state index in [1.807, 2.05) is 6.20 Å². The zero-order valence-corrected chi connectivity index (χ0v) is 7.95. The molecule has 0 atom stereocenters. The summed E-state index contributed by atoms with van der Waals surface area (Å²) in [4.78, 5) is 10.8. The third-order valence-electron chi connectivity index (χ3n) is 1.86. The van der Waals surface area contributed by atoms with Crippen LogP contribution in [0.25, 0.3) is 0 Å². The van der Waals surface area contributed by atoms with Gasteiger partial charge in [0.25, 0.3) is 5.24 Å². The van der Waals surface area contributed by atoms with Crippen molar-refractivity contribution in [3.63, 3.8) is 0 Å². The second-order valence-electron chi connectivity index (χ2n) is 2.76. The van der Waals surface area contributed by atoms with E-state index in [2.05, 4.69) is 11.0 Å². The maximum absolute atomic E-state index is 10.8. The molecule has 0 saturated carbocycles. The lowest BCUT2D eigenvalue weighted by molar-refractivity contribution is 0.108. The highest BCUT2D eigenvalue weighted by Crippen LogP contribution is 2.15. The number of rotatable bonds is 2. The van der Waals surface area contributed by atoms with E-state index in [0.29, 0.717) is 5.56 Å². The van der Waals surface area contributed by atoms with Gasteiger partial charge in [-0.2, -0.15) is 0 Å². The summed E-state index contributed by atoms with van der Waals surface area (Å²) >= 11 is 5.32. The van der Waals surface area contributed by atoms with E-state index < -0.39 is 5.24 Å². The number of anilines is 1. The highest BCUT2D eigenvalue weighted by atomic mass is 35.5. The van der Waals surface area contributed by atoms with Crippen molar-refractivity contribution in [2.45, 2.75) is 0 Å². The normalized spacial score (nSPS) is 14.2. The van der Waals surface area contributed by atoms with Crippen LogP contribution in [0.4, 0.5) is 5.69 Å². The first-order valence-electron chi connectivity index (χ1n) is 4.04. The van der Waals surface area contributed by atoms with Gasteiger partial charge in [-0.05, 0) is 35.9 Å². The van der Waals surface area contributed by atoms with Gasteiger partial charge >= 0.3 is 0 Å². The number of halogens is 1. The van der Waals surface area contributed by atoms with E-state index in [1.54, 1.807) is 35.5 Å². The summed E-state index contributed by atoms with van der Waals surface area (Å²) in [7, 11) is 0. The number of nitrogens with one attached hydrogen (secondary N) is 2. The number of carbonyl (C=O) groups is 1. The minimum atomic E-state index is -0.445. The van der Waals surface area contributed by atoms with Crippen LogP contribution in [-0.2, 0) is 0 Å². The first-order chi connectivity index (χ1) is 6.77. The molecule has 0 bridgehead atoms. The van der Waals surface area contributed by atoms with Crippen LogP contribution in [0.2, 0.25) is 0 Å². The summed E-state index contributed by atoms with van der Waals surface area (Å²) in [6.45, 7) is 0. The zero-order chi connectivity index (χ0) is 9.97. The van der Waals surface area contributed by atoms with Gasteiger partial charge < -0.3 is 5.43 Å². The molecule has 1 heterocycles. The summed E-state index contributed by atoms with van der Waals surface area (Å²) in [5.74, 6) is 0. The average Bonchev–Trinajstić information content (AvgIpc) is 2.71. The Bertz CT molecular complexity index is 374. The van der Waals surface area contributed by atoms with Gasteiger partial charge in [0.2, 0.25) is 0 Å². The smallest absolute Gasteiger partial charge is 0.252 e. The molecule has 0 amide bonds. The minimum absolute atomic E-state index is 0.445. The van der Waals surface area contributed by atoms with E-state index in [4.69, 9.17) is 11.6 Å². The number of nitrogens with zero attached hydrogens (tertiary/aromatic N) is 1. The molecule has 4 nitrogen and oxygen atoms in total. The van der Waals surface area contributed by atoms with Gasteiger partial charge in [0.1, 0.15) is 0 Å². The van der Waals surface area contributed by atoms with Crippen molar-refractivity contribution in [1.82, 2.24) is 11.0 Å². The van der Waals surface area contributed by atoms with Crippen LogP contribution < -0.4 is 16.0 Å². The lowest BCUT2D eigenvalue weighted by Gasteiger charge is -2.14. The Kier molecular flexibility index (Phi) is 2.39.